The Morgan fingerprint density at radius 1 is 1.03 bits per heavy atom. The number of rotatable bonds is 8. The van der Waals surface area contributed by atoms with Crippen molar-refractivity contribution in [2.45, 2.75) is 12.7 Å². The molecule has 0 unspecified atom stereocenters. The molecular weight excluding hydrogens is 445 g/mol. The lowest BCUT2D eigenvalue weighted by molar-refractivity contribution is -0.137. The number of sulfonamides is 1. The number of furan rings is 1. The Balaban J connectivity index is 1.78. The van der Waals surface area contributed by atoms with Crippen LogP contribution >= 0.6 is 0 Å². The minimum Gasteiger partial charge on any atom is -0.468 e. The fourth-order valence-electron chi connectivity index (χ4n) is 2.76. The molecule has 3 aromatic rings. The molecule has 1 heterocycles. The Labute approximate surface area is 183 Å². The van der Waals surface area contributed by atoms with Crippen molar-refractivity contribution >= 4 is 27.7 Å². The SMILES string of the molecule is O=C(CN(Cc1ccco1)S(=O)(=O)/C=C/c1ccccc1)Nc1cccc(C(F)(F)F)c1. The second kappa shape index (κ2) is 9.84. The molecule has 0 spiro atoms. The number of alkyl halides is 3. The predicted molar refractivity (Wildman–Crippen MR) is 114 cm³/mol. The Morgan fingerprint density at radius 3 is 2.44 bits per heavy atom. The van der Waals surface area contributed by atoms with E-state index in [9.17, 15) is 26.4 Å². The van der Waals surface area contributed by atoms with Crippen molar-refractivity contribution in [1.82, 2.24) is 4.31 Å². The first kappa shape index (κ1) is 23.3. The summed E-state index contributed by atoms with van der Waals surface area (Å²) in [4.78, 5) is 12.5. The third-order valence-electron chi connectivity index (χ3n) is 4.30. The fourth-order valence-corrected chi connectivity index (χ4v) is 3.87. The fraction of sp³-hybridized carbons (Fsp3) is 0.136. The van der Waals surface area contributed by atoms with Crippen LogP contribution in [0.3, 0.4) is 0 Å². The van der Waals surface area contributed by atoms with Gasteiger partial charge in [0.1, 0.15) is 5.76 Å². The van der Waals surface area contributed by atoms with Crippen LogP contribution in [0.5, 0.6) is 0 Å². The van der Waals surface area contributed by atoms with Crippen LogP contribution in [0.25, 0.3) is 6.08 Å². The monoisotopic (exact) mass is 464 g/mol. The molecule has 0 saturated carbocycles. The van der Waals surface area contributed by atoms with E-state index in [1.807, 2.05) is 0 Å². The number of amides is 1. The van der Waals surface area contributed by atoms with Gasteiger partial charge in [-0.1, -0.05) is 36.4 Å². The average Bonchev–Trinajstić information content (AvgIpc) is 3.25. The molecule has 2 aromatic carbocycles. The summed E-state index contributed by atoms with van der Waals surface area (Å²) in [5.74, 6) is -0.499. The van der Waals surface area contributed by atoms with Crippen molar-refractivity contribution in [2.24, 2.45) is 0 Å². The third-order valence-corrected chi connectivity index (χ3v) is 5.76. The van der Waals surface area contributed by atoms with E-state index in [0.29, 0.717) is 11.3 Å². The molecule has 0 radical (unpaired) electrons. The van der Waals surface area contributed by atoms with Crippen molar-refractivity contribution in [3.05, 3.63) is 95.3 Å². The van der Waals surface area contributed by atoms with Gasteiger partial charge in [-0.2, -0.15) is 17.5 Å². The van der Waals surface area contributed by atoms with Gasteiger partial charge in [0.2, 0.25) is 15.9 Å². The third kappa shape index (κ3) is 6.56. The molecule has 0 aliphatic rings. The Morgan fingerprint density at radius 2 is 1.78 bits per heavy atom. The van der Waals surface area contributed by atoms with Crippen LogP contribution < -0.4 is 5.32 Å². The van der Waals surface area contributed by atoms with Crippen LogP contribution in [0.2, 0.25) is 0 Å². The molecule has 168 valence electrons. The number of carbonyl (C=O) groups excluding carboxylic acids is 1. The molecule has 1 amide bonds. The maximum Gasteiger partial charge on any atom is 0.416 e. The first-order valence-corrected chi connectivity index (χ1v) is 10.9. The van der Waals surface area contributed by atoms with Gasteiger partial charge < -0.3 is 9.73 Å². The molecule has 0 aliphatic carbocycles. The number of hydrogen-bond donors (Lipinski definition) is 1. The molecule has 0 fully saturated rings. The molecule has 1 N–H and O–H groups in total. The predicted octanol–water partition coefficient (Wildman–Crippen LogP) is 4.74. The molecule has 10 heteroatoms. The van der Waals surface area contributed by atoms with Crippen molar-refractivity contribution in [1.29, 1.82) is 0 Å². The number of carbonyl (C=O) groups is 1. The van der Waals surface area contributed by atoms with Gasteiger partial charge in [0.25, 0.3) is 0 Å². The van der Waals surface area contributed by atoms with E-state index >= 15 is 0 Å². The molecule has 0 atom stereocenters. The zero-order chi connectivity index (χ0) is 23.2. The normalized spacial score (nSPS) is 12.4. The first-order chi connectivity index (χ1) is 15.1. The number of halogens is 3. The molecule has 32 heavy (non-hydrogen) atoms. The zero-order valence-corrected chi connectivity index (χ0v) is 17.4. The minimum atomic E-state index is -4.57. The van der Waals surface area contributed by atoms with E-state index in [-0.39, 0.29) is 12.2 Å². The van der Waals surface area contributed by atoms with Crippen molar-refractivity contribution in [3.8, 4) is 0 Å². The highest BCUT2D eigenvalue weighted by molar-refractivity contribution is 7.92. The number of anilines is 1. The number of nitrogens with one attached hydrogen (secondary N) is 1. The van der Waals surface area contributed by atoms with Gasteiger partial charge >= 0.3 is 6.18 Å². The van der Waals surface area contributed by atoms with E-state index in [4.69, 9.17) is 4.42 Å². The summed E-state index contributed by atoms with van der Waals surface area (Å²) in [5, 5.41) is 3.27. The second-order valence-electron chi connectivity index (χ2n) is 6.73. The Hall–Kier alpha value is -3.37. The number of benzene rings is 2. The smallest absolute Gasteiger partial charge is 0.416 e. The van der Waals surface area contributed by atoms with Crippen molar-refractivity contribution < 1.29 is 30.8 Å². The lowest BCUT2D eigenvalue weighted by Gasteiger charge is -2.19. The maximum absolute atomic E-state index is 12.9. The van der Waals surface area contributed by atoms with E-state index in [2.05, 4.69) is 5.32 Å². The quantitative estimate of drug-likeness (QED) is 0.522. The van der Waals surface area contributed by atoms with Crippen LogP contribution in [0.15, 0.2) is 82.8 Å². The average molecular weight is 464 g/mol. The summed E-state index contributed by atoms with van der Waals surface area (Å²) in [6, 6.07) is 15.9. The second-order valence-corrected chi connectivity index (χ2v) is 8.55. The highest BCUT2D eigenvalue weighted by Crippen LogP contribution is 2.30. The zero-order valence-electron chi connectivity index (χ0n) is 16.6. The van der Waals surface area contributed by atoms with Crippen LogP contribution in [0, 0.1) is 0 Å². The lowest BCUT2D eigenvalue weighted by atomic mass is 10.2. The molecular formula is C22H19F3N2O4S. The maximum atomic E-state index is 12.9. The summed E-state index contributed by atoms with van der Waals surface area (Å²) in [5.41, 5.74) is -0.386. The van der Waals surface area contributed by atoms with Gasteiger partial charge in [0.15, 0.2) is 0 Å². The van der Waals surface area contributed by atoms with Gasteiger partial charge in [-0.3, -0.25) is 4.79 Å². The number of hydrogen-bond acceptors (Lipinski definition) is 4. The van der Waals surface area contributed by atoms with Gasteiger partial charge in [0, 0.05) is 11.1 Å². The standard InChI is InChI=1S/C22H19F3N2O4S/c23-22(24,25)18-8-4-9-19(14-18)26-21(28)16-27(15-20-10-5-12-31-20)32(29,30)13-11-17-6-2-1-3-7-17/h1-14H,15-16H2,(H,26,28)/b13-11+. The molecule has 0 saturated heterocycles. The van der Waals surface area contributed by atoms with Gasteiger partial charge in [-0.25, -0.2) is 8.42 Å². The summed E-state index contributed by atoms with van der Waals surface area (Å²) in [6.07, 6.45) is -1.82. The van der Waals surface area contributed by atoms with E-state index in [1.54, 1.807) is 42.5 Å². The minimum absolute atomic E-state index is 0.0972. The molecule has 3 rings (SSSR count). The summed E-state index contributed by atoms with van der Waals surface area (Å²) in [6.45, 7) is -0.858. The Bertz CT molecular complexity index is 1180. The summed E-state index contributed by atoms with van der Waals surface area (Å²) in [7, 11) is -4.06. The highest BCUT2D eigenvalue weighted by Gasteiger charge is 2.30. The van der Waals surface area contributed by atoms with Crippen LogP contribution in [-0.4, -0.2) is 25.2 Å². The topological polar surface area (TPSA) is 79.6 Å². The first-order valence-electron chi connectivity index (χ1n) is 9.36. The highest BCUT2D eigenvalue weighted by atomic mass is 32.2. The molecule has 6 nitrogen and oxygen atoms in total. The molecule has 0 aliphatic heterocycles. The largest absolute Gasteiger partial charge is 0.468 e. The van der Waals surface area contributed by atoms with Gasteiger partial charge in [-0.05, 0) is 42.0 Å². The van der Waals surface area contributed by atoms with E-state index in [0.717, 1.165) is 27.9 Å². The summed E-state index contributed by atoms with van der Waals surface area (Å²) < 4.78 is 70.5. The summed E-state index contributed by atoms with van der Waals surface area (Å²) >= 11 is 0. The lowest BCUT2D eigenvalue weighted by Crippen LogP contribution is -2.36. The Kier molecular flexibility index (Phi) is 7.16. The van der Waals surface area contributed by atoms with E-state index in [1.165, 1.54) is 18.4 Å². The van der Waals surface area contributed by atoms with Crippen LogP contribution in [-0.2, 0) is 27.5 Å². The molecule has 0 bridgehead atoms. The van der Waals surface area contributed by atoms with Crippen LogP contribution in [0.4, 0.5) is 18.9 Å². The van der Waals surface area contributed by atoms with Gasteiger partial charge in [-0.15, -0.1) is 0 Å². The van der Waals surface area contributed by atoms with E-state index < -0.39 is 34.2 Å². The van der Waals surface area contributed by atoms with Gasteiger partial charge in [0.05, 0.1) is 24.9 Å². The van der Waals surface area contributed by atoms with Crippen molar-refractivity contribution in [3.63, 3.8) is 0 Å². The van der Waals surface area contributed by atoms with Crippen LogP contribution in [0.1, 0.15) is 16.9 Å². The number of nitrogens with zero attached hydrogens (tertiary/aromatic N) is 1. The molecule has 1 aromatic heterocycles. The van der Waals surface area contributed by atoms with Crippen molar-refractivity contribution in [2.75, 3.05) is 11.9 Å².